The third kappa shape index (κ3) is 3.06. The quantitative estimate of drug-likeness (QED) is 0.932. The lowest BCUT2D eigenvalue weighted by atomic mass is 10.0. The molecule has 1 aromatic heterocycles. The topological polar surface area (TPSA) is 26.2 Å². The standard InChI is InChI=1S/C16H19F3N2O/c1-10(2)5-11-7-14(22-16(17,18)19)8-12-6-13-9-20-3-4-21(13)15(11)12/h6-8,10,20H,3-5,9H2,1-2H3. The van der Waals surface area contributed by atoms with Gasteiger partial charge in [0.1, 0.15) is 5.75 Å². The summed E-state index contributed by atoms with van der Waals surface area (Å²) in [4.78, 5) is 0. The lowest BCUT2D eigenvalue weighted by molar-refractivity contribution is -0.274. The molecule has 2 heterocycles. The molecule has 3 nitrogen and oxygen atoms in total. The van der Waals surface area contributed by atoms with Crippen LogP contribution in [0.4, 0.5) is 13.2 Å². The lowest BCUT2D eigenvalue weighted by Crippen LogP contribution is -2.27. The van der Waals surface area contributed by atoms with Gasteiger partial charge >= 0.3 is 6.36 Å². The van der Waals surface area contributed by atoms with E-state index < -0.39 is 6.36 Å². The van der Waals surface area contributed by atoms with Crippen LogP contribution in [0.15, 0.2) is 18.2 Å². The largest absolute Gasteiger partial charge is 0.573 e. The van der Waals surface area contributed by atoms with Crippen LogP contribution in [0.3, 0.4) is 0 Å². The van der Waals surface area contributed by atoms with Gasteiger partial charge in [-0.3, -0.25) is 0 Å². The van der Waals surface area contributed by atoms with Crippen LogP contribution in [0.1, 0.15) is 25.1 Å². The average molecular weight is 312 g/mol. The van der Waals surface area contributed by atoms with E-state index in [1.807, 2.05) is 6.07 Å². The highest BCUT2D eigenvalue weighted by molar-refractivity contribution is 5.86. The van der Waals surface area contributed by atoms with Crippen molar-refractivity contribution in [1.82, 2.24) is 9.88 Å². The number of rotatable bonds is 3. The number of ether oxygens (including phenoxy) is 1. The van der Waals surface area contributed by atoms with E-state index >= 15 is 0 Å². The summed E-state index contributed by atoms with van der Waals surface area (Å²) in [5, 5.41) is 4.10. The molecule has 0 fully saturated rings. The van der Waals surface area contributed by atoms with E-state index in [9.17, 15) is 13.2 Å². The van der Waals surface area contributed by atoms with Crippen molar-refractivity contribution in [2.75, 3.05) is 6.54 Å². The number of nitrogens with one attached hydrogen (secondary N) is 1. The van der Waals surface area contributed by atoms with Gasteiger partial charge in [0.2, 0.25) is 0 Å². The predicted molar refractivity (Wildman–Crippen MR) is 78.9 cm³/mol. The Kier molecular flexibility index (Phi) is 3.80. The van der Waals surface area contributed by atoms with E-state index in [1.165, 1.54) is 12.1 Å². The fourth-order valence-corrected chi connectivity index (χ4v) is 3.13. The normalized spacial score (nSPS) is 15.4. The van der Waals surface area contributed by atoms with Crippen molar-refractivity contribution < 1.29 is 17.9 Å². The number of hydrogen-bond acceptors (Lipinski definition) is 2. The lowest BCUT2D eigenvalue weighted by Gasteiger charge is -2.19. The molecule has 3 rings (SSSR count). The van der Waals surface area contributed by atoms with Crippen molar-refractivity contribution in [2.45, 2.75) is 39.7 Å². The number of halogens is 3. The van der Waals surface area contributed by atoms with Gasteiger partial charge in [-0.25, -0.2) is 0 Å². The van der Waals surface area contributed by atoms with Crippen molar-refractivity contribution in [3.63, 3.8) is 0 Å². The second-order valence-electron chi connectivity index (χ2n) is 6.13. The van der Waals surface area contributed by atoms with Crippen molar-refractivity contribution in [2.24, 2.45) is 5.92 Å². The van der Waals surface area contributed by atoms with Crippen LogP contribution in [-0.4, -0.2) is 17.5 Å². The molecular formula is C16H19F3N2O. The summed E-state index contributed by atoms with van der Waals surface area (Å²) in [7, 11) is 0. The van der Waals surface area contributed by atoms with Gasteiger partial charge in [-0.15, -0.1) is 13.2 Å². The van der Waals surface area contributed by atoms with Crippen molar-refractivity contribution >= 4 is 10.9 Å². The van der Waals surface area contributed by atoms with Crippen LogP contribution in [0.25, 0.3) is 10.9 Å². The SMILES string of the molecule is CC(C)Cc1cc(OC(F)(F)F)cc2cc3n(c12)CCNC3. The van der Waals surface area contributed by atoms with Crippen LogP contribution in [0.5, 0.6) is 5.75 Å². The van der Waals surface area contributed by atoms with E-state index in [0.717, 1.165) is 48.2 Å². The Bertz CT molecular complexity index is 689. The minimum atomic E-state index is -4.66. The third-order valence-corrected chi connectivity index (χ3v) is 3.81. The Morgan fingerprint density at radius 1 is 1.27 bits per heavy atom. The highest BCUT2D eigenvalue weighted by Gasteiger charge is 2.31. The maximum atomic E-state index is 12.5. The van der Waals surface area contributed by atoms with Crippen LogP contribution >= 0.6 is 0 Å². The second kappa shape index (κ2) is 5.50. The van der Waals surface area contributed by atoms with Gasteiger partial charge in [-0.1, -0.05) is 13.8 Å². The Hall–Kier alpha value is -1.69. The third-order valence-electron chi connectivity index (χ3n) is 3.81. The number of fused-ring (bicyclic) bond motifs is 3. The number of aromatic nitrogens is 1. The monoisotopic (exact) mass is 312 g/mol. The van der Waals surface area contributed by atoms with E-state index in [2.05, 4.69) is 28.5 Å². The zero-order valence-corrected chi connectivity index (χ0v) is 12.6. The first-order valence-corrected chi connectivity index (χ1v) is 7.45. The number of benzene rings is 1. The minimum Gasteiger partial charge on any atom is -0.406 e. The summed E-state index contributed by atoms with van der Waals surface area (Å²) in [6, 6.07) is 4.97. The van der Waals surface area contributed by atoms with E-state index in [0.29, 0.717) is 5.92 Å². The van der Waals surface area contributed by atoms with E-state index in [4.69, 9.17) is 0 Å². The second-order valence-corrected chi connectivity index (χ2v) is 6.13. The first-order valence-electron chi connectivity index (χ1n) is 7.45. The summed E-state index contributed by atoms with van der Waals surface area (Å²) in [6.45, 7) is 6.57. The molecule has 0 spiro atoms. The molecule has 1 aliphatic rings. The molecule has 1 aliphatic heterocycles. The zero-order valence-electron chi connectivity index (χ0n) is 12.6. The Morgan fingerprint density at radius 3 is 2.73 bits per heavy atom. The Morgan fingerprint density at radius 2 is 2.05 bits per heavy atom. The van der Waals surface area contributed by atoms with Crippen LogP contribution in [0, 0.1) is 5.92 Å². The Balaban J connectivity index is 2.14. The Labute approximate surface area is 127 Å². The molecule has 2 aromatic rings. The summed E-state index contributed by atoms with van der Waals surface area (Å²) in [5.41, 5.74) is 3.06. The molecule has 0 amide bonds. The summed E-state index contributed by atoms with van der Waals surface area (Å²) in [6.07, 6.45) is -3.94. The fourth-order valence-electron chi connectivity index (χ4n) is 3.13. The molecule has 0 saturated heterocycles. The highest BCUT2D eigenvalue weighted by atomic mass is 19.4. The summed E-state index contributed by atoms with van der Waals surface area (Å²) >= 11 is 0. The van der Waals surface area contributed by atoms with E-state index in [1.54, 1.807) is 0 Å². The maximum absolute atomic E-state index is 12.5. The summed E-state index contributed by atoms with van der Waals surface area (Å²) < 4.78 is 43.9. The van der Waals surface area contributed by atoms with E-state index in [-0.39, 0.29) is 5.75 Å². The molecule has 1 aromatic carbocycles. The van der Waals surface area contributed by atoms with Gasteiger partial charge in [-0.2, -0.15) is 0 Å². The summed E-state index contributed by atoms with van der Waals surface area (Å²) in [5.74, 6) is 0.226. The number of nitrogens with zero attached hydrogens (tertiary/aromatic N) is 1. The number of alkyl halides is 3. The predicted octanol–water partition coefficient (Wildman–Crippen LogP) is 3.84. The van der Waals surface area contributed by atoms with Crippen LogP contribution in [-0.2, 0) is 19.5 Å². The number of hydrogen-bond donors (Lipinski definition) is 1. The van der Waals surface area contributed by atoms with Gasteiger partial charge in [0.25, 0.3) is 0 Å². The first kappa shape index (κ1) is 15.2. The van der Waals surface area contributed by atoms with Crippen molar-refractivity contribution in [3.8, 4) is 5.75 Å². The van der Waals surface area contributed by atoms with Gasteiger partial charge in [0, 0.05) is 30.7 Å². The minimum absolute atomic E-state index is 0.133. The van der Waals surface area contributed by atoms with Crippen molar-refractivity contribution in [3.05, 3.63) is 29.5 Å². The molecule has 0 atom stereocenters. The van der Waals surface area contributed by atoms with Crippen LogP contribution < -0.4 is 10.1 Å². The fraction of sp³-hybridized carbons (Fsp3) is 0.500. The molecule has 0 saturated carbocycles. The molecule has 0 aliphatic carbocycles. The molecule has 1 N–H and O–H groups in total. The van der Waals surface area contributed by atoms with Gasteiger partial charge in [0.05, 0.1) is 5.52 Å². The molecular weight excluding hydrogens is 293 g/mol. The van der Waals surface area contributed by atoms with Gasteiger partial charge < -0.3 is 14.6 Å². The van der Waals surface area contributed by atoms with Crippen molar-refractivity contribution in [1.29, 1.82) is 0 Å². The van der Waals surface area contributed by atoms with Gasteiger partial charge in [-0.05, 0) is 36.1 Å². The molecule has 0 radical (unpaired) electrons. The molecule has 0 unspecified atom stereocenters. The van der Waals surface area contributed by atoms with Crippen LogP contribution in [0.2, 0.25) is 0 Å². The van der Waals surface area contributed by atoms with Gasteiger partial charge in [0.15, 0.2) is 0 Å². The zero-order chi connectivity index (χ0) is 15.9. The molecule has 120 valence electrons. The molecule has 6 heteroatoms. The molecule has 0 bridgehead atoms. The average Bonchev–Trinajstić information content (AvgIpc) is 2.73. The molecule has 22 heavy (non-hydrogen) atoms. The maximum Gasteiger partial charge on any atom is 0.573 e. The first-order chi connectivity index (χ1) is 10.3. The highest BCUT2D eigenvalue weighted by Crippen LogP contribution is 2.33. The smallest absolute Gasteiger partial charge is 0.406 e.